The number of hydrogen-bond donors (Lipinski definition) is 2. The zero-order valence-electron chi connectivity index (χ0n) is 12.3. The second-order valence-electron chi connectivity index (χ2n) is 5.30. The van der Waals surface area contributed by atoms with Crippen LogP contribution in [0.5, 0.6) is 5.75 Å². The summed E-state index contributed by atoms with van der Waals surface area (Å²) in [7, 11) is 1.41. The minimum absolute atomic E-state index is 0.179. The molecule has 5 heteroatoms. The van der Waals surface area contributed by atoms with Crippen LogP contribution < -0.4 is 10.1 Å². The molecule has 0 saturated carbocycles. The van der Waals surface area contributed by atoms with Crippen LogP contribution in [0.3, 0.4) is 0 Å². The molecule has 0 radical (unpaired) electrons. The number of carboxylic acids is 1. The molecule has 2 N–H and O–H groups in total. The SMILES string of the molecule is COc1ccc(C(C)NC(CC(C)C)C(=O)O)cc1F. The largest absolute Gasteiger partial charge is 0.494 e. The Morgan fingerprint density at radius 1 is 1.40 bits per heavy atom. The van der Waals surface area contributed by atoms with Gasteiger partial charge in [0.2, 0.25) is 0 Å². The van der Waals surface area contributed by atoms with Crippen molar-refractivity contribution >= 4 is 5.97 Å². The lowest BCUT2D eigenvalue weighted by molar-refractivity contribution is -0.140. The highest BCUT2D eigenvalue weighted by atomic mass is 19.1. The number of hydrogen-bond acceptors (Lipinski definition) is 3. The van der Waals surface area contributed by atoms with E-state index in [1.807, 2.05) is 20.8 Å². The van der Waals surface area contributed by atoms with Crippen LogP contribution in [0.1, 0.15) is 38.8 Å². The molecule has 2 atom stereocenters. The number of nitrogens with one attached hydrogen (secondary N) is 1. The summed E-state index contributed by atoms with van der Waals surface area (Å²) in [6.07, 6.45) is 0.526. The third-order valence-corrected chi connectivity index (χ3v) is 3.13. The van der Waals surface area contributed by atoms with Gasteiger partial charge in [-0.1, -0.05) is 19.9 Å². The van der Waals surface area contributed by atoms with E-state index in [2.05, 4.69) is 5.32 Å². The van der Waals surface area contributed by atoms with Gasteiger partial charge in [0, 0.05) is 6.04 Å². The molecule has 2 unspecified atom stereocenters. The Hall–Kier alpha value is -1.62. The molecule has 0 aliphatic rings. The van der Waals surface area contributed by atoms with Crippen LogP contribution in [0, 0.1) is 11.7 Å². The molecule has 0 fully saturated rings. The van der Waals surface area contributed by atoms with E-state index < -0.39 is 17.8 Å². The lowest BCUT2D eigenvalue weighted by atomic mass is 10.0. The van der Waals surface area contributed by atoms with Gasteiger partial charge in [-0.05, 0) is 37.0 Å². The average molecular weight is 283 g/mol. The highest BCUT2D eigenvalue weighted by Crippen LogP contribution is 2.22. The van der Waals surface area contributed by atoms with E-state index in [0.717, 1.165) is 0 Å². The van der Waals surface area contributed by atoms with Crippen LogP contribution in [0.2, 0.25) is 0 Å². The van der Waals surface area contributed by atoms with Gasteiger partial charge >= 0.3 is 5.97 Å². The standard InChI is InChI=1S/C15H22FNO3/c1-9(2)7-13(15(18)19)17-10(3)11-5-6-14(20-4)12(16)8-11/h5-6,8-10,13,17H,7H2,1-4H3,(H,18,19). The van der Waals surface area contributed by atoms with Gasteiger partial charge in [0.05, 0.1) is 7.11 Å². The number of ether oxygens (including phenoxy) is 1. The minimum atomic E-state index is -0.889. The Morgan fingerprint density at radius 2 is 2.05 bits per heavy atom. The second-order valence-corrected chi connectivity index (χ2v) is 5.30. The van der Waals surface area contributed by atoms with Gasteiger partial charge in [0.1, 0.15) is 6.04 Å². The van der Waals surface area contributed by atoms with E-state index in [0.29, 0.717) is 12.0 Å². The van der Waals surface area contributed by atoms with E-state index in [9.17, 15) is 14.3 Å². The summed E-state index contributed by atoms with van der Waals surface area (Å²) in [5.74, 6) is -0.893. The third kappa shape index (κ3) is 4.49. The van der Waals surface area contributed by atoms with Gasteiger partial charge in [0.15, 0.2) is 11.6 Å². The molecule has 0 bridgehead atoms. The number of benzene rings is 1. The van der Waals surface area contributed by atoms with Crippen molar-refractivity contribution in [3.63, 3.8) is 0 Å². The van der Waals surface area contributed by atoms with Crippen LogP contribution in [-0.4, -0.2) is 24.2 Å². The second kappa shape index (κ2) is 7.24. The maximum absolute atomic E-state index is 13.6. The first-order valence-electron chi connectivity index (χ1n) is 6.67. The first kappa shape index (κ1) is 16.4. The Bertz CT molecular complexity index is 462. The molecule has 0 spiro atoms. The molecular weight excluding hydrogens is 261 g/mol. The predicted octanol–water partition coefficient (Wildman–Crippen LogP) is 2.98. The Balaban J connectivity index is 2.80. The molecule has 1 aromatic carbocycles. The quantitative estimate of drug-likeness (QED) is 0.807. The number of rotatable bonds is 7. The maximum Gasteiger partial charge on any atom is 0.320 e. The van der Waals surface area contributed by atoms with Gasteiger partial charge in [0.25, 0.3) is 0 Å². The summed E-state index contributed by atoms with van der Waals surface area (Å²) >= 11 is 0. The van der Waals surface area contributed by atoms with Crippen LogP contribution in [0.25, 0.3) is 0 Å². The minimum Gasteiger partial charge on any atom is -0.494 e. The first-order chi connectivity index (χ1) is 9.35. The number of halogens is 1. The molecule has 0 aliphatic heterocycles. The fourth-order valence-electron chi connectivity index (χ4n) is 2.06. The molecule has 0 heterocycles. The monoisotopic (exact) mass is 283 g/mol. The summed E-state index contributed by atoms with van der Waals surface area (Å²) in [5, 5.41) is 12.2. The molecule has 0 aromatic heterocycles. The van der Waals surface area contributed by atoms with Crippen molar-refractivity contribution in [1.82, 2.24) is 5.32 Å². The van der Waals surface area contributed by atoms with E-state index in [1.54, 1.807) is 12.1 Å². The van der Waals surface area contributed by atoms with E-state index >= 15 is 0 Å². The molecule has 1 aromatic rings. The van der Waals surface area contributed by atoms with Crippen molar-refractivity contribution in [2.24, 2.45) is 5.92 Å². The van der Waals surface area contributed by atoms with Gasteiger partial charge in [-0.25, -0.2) is 4.39 Å². The van der Waals surface area contributed by atoms with Crippen LogP contribution in [-0.2, 0) is 4.79 Å². The highest BCUT2D eigenvalue weighted by molar-refractivity contribution is 5.73. The number of carbonyl (C=O) groups is 1. The van der Waals surface area contributed by atoms with E-state index in [1.165, 1.54) is 13.2 Å². The predicted molar refractivity (Wildman–Crippen MR) is 75.4 cm³/mol. The highest BCUT2D eigenvalue weighted by Gasteiger charge is 2.21. The van der Waals surface area contributed by atoms with Crippen molar-refractivity contribution < 1.29 is 19.0 Å². The smallest absolute Gasteiger partial charge is 0.320 e. The fourth-order valence-corrected chi connectivity index (χ4v) is 2.06. The lowest BCUT2D eigenvalue weighted by Gasteiger charge is -2.22. The van der Waals surface area contributed by atoms with Crippen LogP contribution >= 0.6 is 0 Å². The first-order valence-corrected chi connectivity index (χ1v) is 6.67. The van der Waals surface area contributed by atoms with Crippen LogP contribution in [0.15, 0.2) is 18.2 Å². The normalized spacial score (nSPS) is 14.1. The number of methoxy groups -OCH3 is 1. The molecule has 0 amide bonds. The molecule has 0 saturated heterocycles. The maximum atomic E-state index is 13.6. The van der Waals surface area contributed by atoms with E-state index in [-0.39, 0.29) is 17.7 Å². The molecule has 20 heavy (non-hydrogen) atoms. The number of carboxylic acid groups (broad SMARTS) is 1. The van der Waals surface area contributed by atoms with Crippen LogP contribution in [0.4, 0.5) is 4.39 Å². The summed E-state index contributed by atoms with van der Waals surface area (Å²) in [6, 6.07) is 3.74. The molecule has 112 valence electrons. The summed E-state index contributed by atoms with van der Waals surface area (Å²) in [6.45, 7) is 5.75. The topological polar surface area (TPSA) is 58.6 Å². The van der Waals surface area contributed by atoms with Crippen molar-refractivity contribution in [1.29, 1.82) is 0 Å². The van der Waals surface area contributed by atoms with Crippen molar-refractivity contribution in [2.75, 3.05) is 7.11 Å². The van der Waals surface area contributed by atoms with Gasteiger partial charge < -0.3 is 9.84 Å². The van der Waals surface area contributed by atoms with Gasteiger partial charge in [-0.15, -0.1) is 0 Å². The van der Waals surface area contributed by atoms with Gasteiger partial charge in [-0.2, -0.15) is 0 Å². The summed E-state index contributed by atoms with van der Waals surface area (Å²) in [4.78, 5) is 11.2. The zero-order valence-corrected chi connectivity index (χ0v) is 12.3. The zero-order chi connectivity index (χ0) is 15.3. The molecular formula is C15H22FNO3. The van der Waals surface area contributed by atoms with Crippen molar-refractivity contribution in [3.05, 3.63) is 29.6 Å². The Kier molecular flexibility index (Phi) is 5.95. The number of aliphatic carboxylic acids is 1. The third-order valence-electron chi connectivity index (χ3n) is 3.13. The molecule has 4 nitrogen and oxygen atoms in total. The fraction of sp³-hybridized carbons (Fsp3) is 0.533. The molecule has 0 aliphatic carbocycles. The molecule has 1 rings (SSSR count). The van der Waals surface area contributed by atoms with Gasteiger partial charge in [-0.3, -0.25) is 10.1 Å². The average Bonchev–Trinajstić information content (AvgIpc) is 2.37. The Morgan fingerprint density at radius 3 is 2.50 bits per heavy atom. The van der Waals surface area contributed by atoms with Crippen molar-refractivity contribution in [3.8, 4) is 5.75 Å². The lowest BCUT2D eigenvalue weighted by Crippen LogP contribution is -2.39. The summed E-state index contributed by atoms with van der Waals surface area (Å²) in [5.41, 5.74) is 0.693. The summed E-state index contributed by atoms with van der Waals surface area (Å²) < 4.78 is 18.5. The van der Waals surface area contributed by atoms with E-state index in [4.69, 9.17) is 4.74 Å². The Labute approximate surface area is 119 Å². The van der Waals surface area contributed by atoms with Crippen molar-refractivity contribution in [2.45, 2.75) is 39.3 Å².